The van der Waals surface area contributed by atoms with E-state index in [1.54, 1.807) is 7.05 Å². The number of likely N-dealkylation sites (tertiary alicyclic amines) is 1. The zero-order valence-electron chi connectivity index (χ0n) is 15.9. The molecule has 0 aliphatic carbocycles. The number of nitrogens with zero attached hydrogens (tertiary/aromatic N) is 2. The minimum absolute atomic E-state index is 0.00517. The number of hydrogen-bond donors (Lipinski definition) is 3. The third-order valence-corrected chi connectivity index (χ3v) is 4.99. The van der Waals surface area contributed by atoms with Crippen molar-refractivity contribution in [1.82, 2.24) is 15.5 Å². The summed E-state index contributed by atoms with van der Waals surface area (Å²) in [4.78, 5) is 18.6. The maximum absolute atomic E-state index is 12.4. The summed E-state index contributed by atoms with van der Waals surface area (Å²) in [5.74, 6) is 0.863. The Balaban J connectivity index is 1.74. The molecule has 0 bridgehead atoms. The van der Waals surface area contributed by atoms with Crippen molar-refractivity contribution in [3.63, 3.8) is 0 Å². The van der Waals surface area contributed by atoms with Crippen molar-refractivity contribution in [3.8, 4) is 0 Å². The van der Waals surface area contributed by atoms with Crippen LogP contribution in [0, 0.1) is 0 Å². The number of amides is 1. The Kier molecular flexibility index (Phi) is 8.41. The quantitative estimate of drug-likeness (QED) is 0.511. The number of nitrogens with one attached hydrogen (secondary N) is 2. The van der Waals surface area contributed by atoms with Gasteiger partial charge in [0.25, 0.3) is 0 Å². The summed E-state index contributed by atoms with van der Waals surface area (Å²) in [6.07, 6.45) is 3.89. The second kappa shape index (κ2) is 10.8. The maximum Gasteiger partial charge on any atom is 0.224 e. The number of aliphatic hydroxyl groups excluding tert-OH is 1. The summed E-state index contributed by atoms with van der Waals surface area (Å²) in [5.41, 5.74) is 1.09. The van der Waals surface area contributed by atoms with Gasteiger partial charge in [0.05, 0.1) is 6.61 Å². The van der Waals surface area contributed by atoms with Gasteiger partial charge in [-0.05, 0) is 31.7 Å². The Morgan fingerprint density at radius 2 is 2.08 bits per heavy atom. The Morgan fingerprint density at radius 3 is 2.73 bits per heavy atom. The van der Waals surface area contributed by atoms with Crippen LogP contribution in [-0.2, 0) is 4.79 Å². The summed E-state index contributed by atoms with van der Waals surface area (Å²) >= 11 is 0. The summed E-state index contributed by atoms with van der Waals surface area (Å²) in [6.45, 7) is 4.21. The highest BCUT2D eigenvalue weighted by Gasteiger charge is 2.22. The molecule has 1 amide bonds. The lowest BCUT2D eigenvalue weighted by Gasteiger charge is -2.33. The molecule has 6 heteroatoms. The molecular formula is C20H32N4O2. The van der Waals surface area contributed by atoms with Crippen LogP contribution in [-0.4, -0.2) is 61.2 Å². The van der Waals surface area contributed by atoms with Gasteiger partial charge in [0.1, 0.15) is 0 Å². The summed E-state index contributed by atoms with van der Waals surface area (Å²) in [7, 11) is 1.71. The van der Waals surface area contributed by atoms with Crippen molar-refractivity contribution in [2.45, 2.75) is 44.6 Å². The van der Waals surface area contributed by atoms with Gasteiger partial charge in [0, 0.05) is 45.1 Å². The molecule has 0 spiro atoms. The first kappa shape index (κ1) is 20.2. The number of aliphatic hydroxyl groups is 1. The summed E-state index contributed by atoms with van der Waals surface area (Å²) < 4.78 is 0. The molecule has 1 aliphatic heterocycles. The molecule has 1 aromatic rings. The minimum Gasteiger partial charge on any atom is -0.396 e. The molecule has 26 heavy (non-hydrogen) atoms. The van der Waals surface area contributed by atoms with E-state index in [-0.39, 0.29) is 18.4 Å². The molecule has 3 N–H and O–H groups in total. The lowest BCUT2D eigenvalue weighted by atomic mass is 10.0. The molecule has 0 radical (unpaired) electrons. The fourth-order valence-electron chi connectivity index (χ4n) is 3.35. The predicted octanol–water partition coefficient (Wildman–Crippen LogP) is 1.72. The molecule has 2 rings (SSSR count). The van der Waals surface area contributed by atoms with Crippen LogP contribution in [0.1, 0.15) is 44.1 Å². The van der Waals surface area contributed by atoms with Gasteiger partial charge < -0.3 is 20.6 Å². The molecule has 1 saturated heterocycles. The summed E-state index contributed by atoms with van der Waals surface area (Å²) in [6, 6.07) is 10.3. The fourth-order valence-corrected chi connectivity index (χ4v) is 3.35. The van der Waals surface area contributed by atoms with Crippen LogP contribution in [0.5, 0.6) is 0 Å². The number of carbonyl (C=O) groups excluding carboxylic acids is 1. The number of guanidine groups is 1. The lowest BCUT2D eigenvalue weighted by Crippen LogP contribution is -2.44. The van der Waals surface area contributed by atoms with Gasteiger partial charge in [-0.25, -0.2) is 0 Å². The van der Waals surface area contributed by atoms with Gasteiger partial charge in [-0.15, -0.1) is 0 Å². The molecule has 0 saturated carbocycles. The van der Waals surface area contributed by atoms with Crippen molar-refractivity contribution in [2.75, 3.05) is 33.3 Å². The van der Waals surface area contributed by atoms with Gasteiger partial charge in [-0.3, -0.25) is 9.79 Å². The van der Waals surface area contributed by atoms with Crippen LogP contribution in [0.15, 0.2) is 35.3 Å². The smallest absolute Gasteiger partial charge is 0.224 e. The van der Waals surface area contributed by atoms with Crippen molar-refractivity contribution in [1.29, 1.82) is 0 Å². The molecule has 1 aromatic carbocycles. The lowest BCUT2D eigenvalue weighted by molar-refractivity contribution is -0.134. The van der Waals surface area contributed by atoms with E-state index in [1.165, 1.54) is 6.42 Å². The molecule has 144 valence electrons. The number of rotatable bonds is 7. The predicted molar refractivity (Wildman–Crippen MR) is 105 cm³/mol. The number of hydrogen-bond acceptors (Lipinski definition) is 3. The Morgan fingerprint density at radius 1 is 1.31 bits per heavy atom. The first-order chi connectivity index (χ1) is 12.7. The van der Waals surface area contributed by atoms with E-state index in [4.69, 9.17) is 0 Å². The first-order valence-electron chi connectivity index (χ1n) is 9.55. The standard InChI is InChI=1S/C20H32N4O2/c1-16-8-6-7-13-24(16)19(26)11-12-22-20(21-2)23-14-18(15-25)17-9-4-3-5-10-17/h3-5,9-10,16,18,25H,6-8,11-15H2,1-2H3,(H2,21,22,23). The van der Waals surface area contributed by atoms with Gasteiger partial charge in [0.2, 0.25) is 5.91 Å². The Hall–Kier alpha value is -2.08. The van der Waals surface area contributed by atoms with Crippen molar-refractivity contribution in [2.24, 2.45) is 4.99 Å². The second-order valence-electron chi connectivity index (χ2n) is 6.85. The molecule has 1 heterocycles. The van der Waals surface area contributed by atoms with E-state index < -0.39 is 0 Å². The number of carbonyl (C=O) groups is 1. The van der Waals surface area contributed by atoms with E-state index in [1.807, 2.05) is 35.2 Å². The van der Waals surface area contributed by atoms with Gasteiger partial charge >= 0.3 is 0 Å². The highest BCUT2D eigenvalue weighted by atomic mass is 16.3. The van der Waals surface area contributed by atoms with Crippen LogP contribution >= 0.6 is 0 Å². The van der Waals surface area contributed by atoms with Gasteiger partial charge in [0.15, 0.2) is 5.96 Å². The molecule has 1 fully saturated rings. The zero-order chi connectivity index (χ0) is 18.8. The van der Waals surface area contributed by atoms with Gasteiger partial charge in [-0.1, -0.05) is 30.3 Å². The molecule has 6 nitrogen and oxygen atoms in total. The molecule has 0 aromatic heterocycles. The normalized spacial score (nSPS) is 19.1. The molecule has 2 unspecified atom stereocenters. The van der Waals surface area contributed by atoms with Crippen molar-refractivity contribution < 1.29 is 9.90 Å². The molecular weight excluding hydrogens is 328 g/mol. The van der Waals surface area contributed by atoms with E-state index in [9.17, 15) is 9.90 Å². The third-order valence-electron chi connectivity index (χ3n) is 4.99. The maximum atomic E-state index is 12.4. The van der Waals surface area contributed by atoms with E-state index >= 15 is 0 Å². The van der Waals surface area contributed by atoms with Crippen molar-refractivity contribution >= 4 is 11.9 Å². The Labute approximate surface area is 156 Å². The largest absolute Gasteiger partial charge is 0.396 e. The number of aliphatic imine (C=N–C) groups is 1. The third kappa shape index (κ3) is 6.02. The van der Waals surface area contributed by atoms with Crippen LogP contribution < -0.4 is 10.6 Å². The van der Waals surface area contributed by atoms with Crippen LogP contribution in [0.2, 0.25) is 0 Å². The SMILES string of the molecule is CN=C(NCCC(=O)N1CCCCC1C)NCC(CO)c1ccccc1. The zero-order valence-corrected chi connectivity index (χ0v) is 15.9. The fraction of sp³-hybridized carbons (Fsp3) is 0.600. The van der Waals surface area contributed by atoms with Crippen LogP contribution in [0.4, 0.5) is 0 Å². The molecule has 1 aliphatic rings. The number of benzene rings is 1. The summed E-state index contributed by atoms with van der Waals surface area (Å²) in [5, 5.41) is 16.1. The molecule has 2 atom stereocenters. The minimum atomic E-state index is 0.00517. The van der Waals surface area contributed by atoms with Crippen molar-refractivity contribution in [3.05, 3.63) is 35.9 Å². The van der Waals surface area contributed by atoms with E-state index in [0.717, 1.165) is 24.9 Å². The number of piperidine rings is 1. The van der Waals surface area contributed by atoms with Crippen LogP contribution in [0.25, 0.3) is 0 Å². The topological polar surface area (TPSA) is 77.0 Å². The average Bonchev–Trinajstić information content (AvgIpc) is 2.68. The monoisotopic (exact) mass is 360 g/mol. The van der Waals surface area contributed by atoms with E-state index in [0.29, 0.717) is 31.5 Å². The van der Waals surface area contributed by atoms with Gasteiger partial charge in [-0.2, -0.15) is 0 Å². The van der Waals surface area contributed by atoms with Crippen LogP contribution in [0.3, 0.4) is 0 Å². The highest BCUT2D eigenvalue weighted by Crippen LogP contribution is 2.17. The Bertz CT molecular complexity index is 576. The van der Waals surface area contributed by atoms with E-state index in [2.05, 4.69) is 22.5 Å². The first-order valence-corrected chi connectivity index (χ1v) is 9.55. The average molecular weight is 361 g/mol. The highest BCUT2D eigenvalue weighted by molar-refractivity contribution is 5.81. The second-order valence-corrected chi connectivity index (χ2v) is 6.85.